The van der Waals surface area contributed by atoms with Crippen LogP contribution in [0.2, 0.25) is 0 Å². The molecule has 3 atom stereocenters. The first-order valence-electron chi connectivity index (χ1n) is 13.7. The number of ether oxygens (including phenoxy) is 2. The van der Waals surface area contributed by atoms with Crippen LogP contribution in [0, 0.1) is 23.6 Å². The Balaban J connectivity index is 2.24. The number of nitrogens with one attached hydrogen (secondary N) is 2. The number of hydrogen-bond donors (Lipinski definition) is 2. The number of alkyl carbamates (subject to hydrolysis) is 2. The van der Waals surface area contributed by atoms with Gasteiger partial charge in [0.25, 0.3) is 0 Å². The summed E-state index contributed by atoms with van der Waals surface area (Å²) in [7, 11) is 0. The lowest BCUT2D eigenvalue weighted by Gasteiger charge is -2.34. The fourth-order valence-corrected chi connectivity index (χ4v) is 4.77. The predicted octanol–water partition coefficient (Wildman–Crippen LogP) is 7.66. The van der Waals surface area contributed by atoms with Crippen molar-refractivity contribution in [2.45, 2.75) is 64.8 Å². The molecule has 0 aliphatic rings. The Morgan fingerprint density at radius 2 is 1.26 bits per heavy atom. The van der Waals surface area contributed by atoms with Crippen molar-refractivity contribution >= 4 is 33.9 Å². The first kappa shape index (κ1) is 33.3. The summed E-state index contributed by atoms with van der Waals surface area (Å²) >= 11 is 3.55. The molecule has 0 heterocycles. The van der Waals surface area contributed by atoms with Gasteiger partial charge in [-0.05, 0) is 88.9 Å². The first-order chi connectivity index (χ1) is 20.1. The Kier molecular flexibility index (Phi) is 11.1. The number of hydrogen-bond acceptors (Lipinski definition) is 5. The van der Waals surface area contributed by atoms with Crippen molar-refractivity contribution in [1.82, 2.24) is 10.6 Å². The number of amides is 2. The fourth-order valence-electron chi connectivity index (χ4n) is 4.24. The molecule has 3 aromatic carbocycles. The molecule has 0 saturated carbocycles. The largest absolute Gasteiger partial charge is 0.444 e. The first-order valence-corrected chi connectivity index (χ1v) is 14.5. The molecule has 2 amide bonds. The highest BCUT2D eigenvalue weighted by Gasteiger charge is 2.40. The zero-order chi connectivity index (χ0) is 31.8. The minimum absolute atomic E-state index is 0.398. The van der Waals surface area contributed by atoms with Crippen molar-refractivity contribution in [3.63, 3.8) is 0 Å². The molecule has 9 heteroatoms. The van der Waals surface area contributed by atoms with Gasteiger partial charge < -0.3 is 20.1 Å². The summed E-state index contributed by atoms with van der Waals surface area (Å²) in [6.07, 6.45) is -1.59. The minimum Gasteiger partial charge on any atom is -0.444 e. The maximum Gasteiger partial charge on any atom is 0.408 e. The molecular weight excluding hydrogens is 615 g/mol. The van der Waals surface area contributed by atoms with Crippen LogP contribution in [0.4, 0.5) is 14.0 Å². The third-order valence-electron chi connectivity index (χ3n) is 5.94. The topological polar surface area (TPSA) is 93.7 Å². The highest BCUT2D eigenvalue weighted by Crippen LogP contribution is 2.37. The molecule has 0 radical (unpaired) electrons. The SMILES string of the molecule is CC(C)(C)OC(=O)N[C@H](c1ccc(F)cc1)C(C(=O)C#Cc1ccccc1)[C@H](NC(=O)OC(C)(C)C)c1ccccc1Br. The Morgan fingerprint density at radius 3 is 1.79 bits per heavy atom. The molecule has 0 aliphatic carbocycles. The molecule has 2 N–H and O–H groups in total. The summed E-state index contributed by atoms with van der Waals surface area (Å²) in [5, 5.41) is 5.65. The summed E-state index contributed by atoms with van der Waals surface area (Å²) in [6, 6.07) is 19.2. The summed E-state index contributed by atoms with van der Waals surface area (Å²) < 4.78 is 25.7. The van der Waals surface area contributed by atoms with Gasteiger partial charge in [-0.15, -0.1) is 0 Å². The molecule has 0 aromatic heterocycles. The number of Topliss-reactive ketones (excluding diaryl/α,β-unsaturated/α-hetero) is 1. The van der Waals surface area contributed by atoms with Crippen LogP contribution in [0.5, 0.6) is 0 Å². The third-order valence-corrected chi connectivity index (χ3v) is 6.66. The van der Waals surface area contributed by atoms with Crippen LogP contribution in [0.1, 0.15) is 70.3 Å². The zero-order valence-corrected chi connectivity index (χ0v) is 26.6. The summed E-state index contributed by atoms with van der Waals surface area (Å²) in [5.41, 5.74) is -0.145. The van der Waals surface area contributed by atoms with Gasteiger partial charge in [-0.25, -0.2) is 14.0 Å². The van der Waals surface area contributed by atoms with Crippen molar-refractivity contribution in [3.8, 4) is 11.8 Å². The van der Waals surface area contributed by atoms with E-state index in [9.17, 15) is 18.8 Å². The van der Waals surface area contributed by atoms with Gasteiger partial charge in [0.1, 0.15) is 17.0 Å². The van der Waals surface area contributed by atoms with Crippen molar-refractivity contribution in [2.75, 3.05) is 0 Å². The lowest BCUT2D eigenvalue weighted by atomic mass is 9.80. The van der Waals surface area contributed by atoms with Crippen LogP contribution in [0.3, 0.4) is 0 Å². The second-order valence-electron chi connectivity index (χ2n) is 11.8. The average Bonchev–Trinajstić information content (AvgIpc) is 2.90. The molecule has 7 nitrogen and oxygen atoms in total. The van der Waals surface area contributed by atoms with Gasteiger partial charge in [0.2, 0.25) is 5.78 Å². The van der Waals surface area contributed by atoms with Crippen molar-refractivity contribution in [2.24, 2.45) is 5.92 Å². The van der Waals surface area contributed by atoms with Crippen LogP contribution in [-0.4, -0.2) is 29.2 Å². The monoisotopic (exact) mass is 650 g/mol. The zero-order valence-electron chi connectivity index (χ0n) is 25.0. The van der Waals surface area contributed by atoms with E-state index < -0.39 is 53.0 Å². The number of rotatable bonds is 7. The van der Waals surface area contributed by atoms with Gasteiger partial charge in [-0.2, -0.15) is 0 Å². The number of halogens is 2. The highest BCUT2D eigenvalue weighted by atomic mass is 79.9. The molecule has 0 spiro atoms. The van der Waals surface area contributed by atoms with Gasteiger partial charge in [0, 0.05) is 10.0 Å². The average molecular weight is 652 g/mol. The maximum absolute atomic E-state index is 14.2. The standard InChI is InChI=1S/C34H36BrFN2O5/c1-33(2,3)42-31(40)37-29(23-17-19-24(36)20-18-23)28(27(39)21-16-22-12-8-7-9-13-22)30(25-14-10-11-15-26(25)35)38-32(41)43-34(4,5)6/h7-15,17-20,28-30H,1-6H3,(H,37,40)(H,38,41)/t28?,29-,30-/m1/s1. The van der Waals surface area contributed by atoms with Gasteiger partial charge in [0.15, 0.2) is 0 Å². The van der Waals surface area contributed by atoms with Crippen LogP contribution in [-0.2, 0) is 14.3 Å². The summed E-state index contributed by atoms with van der Waals surface area (Å²) in [5.74, 6) is 3.28. The van der Waals surface area contributed by atoms with Crippen LogP contribution < -0.4 is 10.6 Å². The van der Waals surface area contributed by atoms with E-state index in [0.717, 1.165) is 0 Å². The lowest BCUT2D eigenvalue weighted by molar-refractivity contribution is -0.119. The van der Waals surface area contributed by atoms with Gasteiger partial charge in [-0.3, -0.25) is 4.79 Å². The Labute approximate surface area is 260 Å². The Bertz CT molecular complexity index is 1490. The molecule has 0 aliphatic heterocycles. The number of benzene rings is 3. The van der Waals surface area contributed by atoms with Crippen LogP contribution in [0.15, 0.2) is 83.3 Å². The lowest BCUT2D eigenvalue weighted by Crippen LogP contribution is -2.46. The van der Waals surface area contributed by atoms with Crippen LogP contribution in [0.25, 0.3) is 0 Å². The number of carbonyl (C=O) groups excluding carboxylic acids is 3. The van der Waals surface area contributed by atoms with E-state index in [0.29, 0.717) is 21.2 Å². The molecule has 3 rings (SSSR count). The second kappa shape index (κ2) is 14.3. The molecule has 0 fully saturated rings. The summed E-state index contributed by atoms with van der Waals surface area (Å²) in [4.78, 5) is 40.6. The van der Waals surface area contributed by atoms with E-state index in [4.69, 9.17) is 9.47 Å². The van der Waals surface area contributed by atoms with E-state index in [2.05, 4.69) is 38.4 Å². The van der Waals surface area contributed by atoms with Gasteiger partial charge in [0.05, 0.1) is 18.0 Å². The van der Waals surface area contributed by atoms with E-state index in [1.165, 1.54) is 24.3 Å². The molecule has 43 heavy (non-hydrogen) atoms. The minimum atomic E-state index is -1.22. The molecular formula is C34H36BrFN2O5. The van der Waals surface area contributed by atoms with E-state index >= 15 is 0 Å². The quantitative estimate of drug-likeness (QED) is 0.256. The Hall–Kier alpha value is -4.16. The molecule has 0 bridgehead atoms. The maximum atomic E-state index is 14.2. The van der Waals surface area contributed by atoms with Crippen molar-refractivity contribution < 1.29 is 28.2 Å². The van der Waals surface area contributed by atoms with Gasteiger partial charge in [-0.1, -0.05) is 70.4 Å². The Morgan fingerprint density at radius 1 is 0.744 bits per heavy atom. The van der Waals surface area contributed by atoms with Crippen molar-refractivity contribution in [3.05, 3.63) is 106 Å². The number of carbonyl (C=O) groups is 3. The van der Waals surface area contributed by atoms with Crippen molar-refractivity contribution in [1.29, 1.82) is 0 Å². The number of ketones is 1. The normalized spacial score (nSPS) is 13.4. The third kappa shape index (κ3) is 10.6. The fraction of sp³-hybridized carbons (Fsp3) is 0.324. The predicted molar refractivity (Wildman–Crippen MR) is 167 cm³/mol. The van der Waals surface area contributed by atoms with Gasteiger partial charge >= 0.3 is 12.2 Å². The summed E-state index contributed by atoms with van der Waals surface area (Å²) in [6.45, 7) is 10.3. The van der Waals surface area contributed by atoms with E-state index in [1.54, 1.807) is 90.1 Å². The molecule has 1 unspecified atom stereocenters. The molecule has 0 saturated heterocycles. The highest BCUT2D eigenvalue weighted by molar-refractivity contribution is 9.10. The van der Waals surface area contributed by atoms with E-state index in [1.807, 2.05) is 6.07 Å². The molecule has 226 valence electrons. The second-order valence-corrected chi connectivity index (χ2v) is 12.7. The van der Waals surface area contributed by atoms with E-state index in [-0.39, 0.29) is 0 Å². The smallest absolute Gasteiger partial charge is 0.408 e. The van der Waals surface area contributed by atoms with Crippen LogP contribution >= 0.6 is 15.9 Å². The molecule has 3 aromatic rings.